The van der Waals surface area contributed by atoms with Gasteiger partial charge in [0.05, 0.1) is 35.0 Å². The first kappa shape index (κ1) is 13.6. The van der Waals surface area contributed by atoms with E-state index in [-0.39, 0.29) is 0 Å². The fourth-order valence-corrected chi connectivity index (χ4v) is 2.55. The second-order valence-corrected chi connectivity index (χ2v) is 5.06. The molecule has 3 rings (SSSR count). The van der Waals surface area contributed by atoms with E-state index < -0.39 is 0 Å². The van der Waals surface area contributed by atoms with E-state index in [0.717, 1.165) is 5.52 Å². The molecule has 0 atom stereocenters. The summed E-state index contributed by atoms with van der Waals surface area (Å²) in [5.74, 6) is 0.470. The highest BCUT2D eigenvalue weighted by Crippen LogP contribution is 2.26. The molecule has 0 saturated carbocycles. The lowest BCUT2D eigenvalue weighted by molar-refractivity contribution is 0.399. The van der Waals surface area contributed by atoms with Crippen molar-refractivity contribution in [2.75, 3.05) is 7.11 Å². The maximum atomic E-state index is 9.04. The Morgan fingerprint density at radius 2 is 2.19 bits per heavy atom. The molecule has 21 heavy (non-hydrogen) atoms. The number of pyridine rings is 1. The van der Waals surface area contributed by atoms with Gasteiger partial charge < -0.3 is 9.72 Å². The molecule has 0 aliphatic carbocycles. The summed E-state index contributed by atoms with van der Waals surface area (Å²) in [7, 11) is 1.54. The number of halogens is 1. The molecule has 0 fully saturated rings. The normalized spacial score (nSPS) is 10.5. The third-order valence-electron chi connectivity index (χ3n) is 3.03. The number of benzene rings is 1. The van der Waals surface area contributed by atoms with Gasteiger partial charge in [0, 0.05) is 6.07 Å². The fraction of sp³-hybridized carbons (Fsp3) is 0.0714. The van der Waals surface area contributed by atoms with Crippen molar-refractivity contribution >= 4 is 35.0 Å². The standard InChI is InChI=1S/C14H9ClN4OS/c1-20-12-5-4-10-13(18-12)19(14(21)17-10)11-6-8(7-16)2-3-9(11)15/h2-6H,1H3,(H,17,21). The minimum absolute atomic E-state index is 0.447. The molecule has 5 nitrogen and oxygen atoms in total. The number of nitriles is 1. The third-order valence-corrected chi connectivity index (χ3v) is 3.64. The third kappa shape index (κ3) is 2.27. The van der Waals surface area contributed by atoms with Gasteiger partial charge in [-0.3, -0.25) is 4.57 Å². The van der Waals surface area contributed by atoms with Crippen molar-refractivity contribution < 1.29 is 4.74 Å². The van der Waals surface area contributed by atoms with Crippen LogP contribution in [0.4, 0.5) is 0 Å². The van der Waals surface area contributed by atoms with Gasteiger partial charge in [-0.15, -0.1) is 0 Å². The van der Waals surface area contributed by atoms with Gasteiger partial charge in [-0.25, -0.2) is 0 Å². The molecule has 0 radical (unpaired) electrons. The minimum Gasteiger partial charge on any atom is -0.481 e. The van der Waals surface area contributed by atoms with Gasteiger partial charge in [-0.1, -0.05) is 11.6 Å². The second kappa shape index (κ2) is 5.20. The number of methoxy groups -OCH3 is 1. The van der Waals surface area contributed by atoms with Crippen LogP contribution < -0.4 is 4.74 Å². The summed E-state index contributed by atoms with van der Waals surface area (Å²) in [5.41, 5.74) is 2.46. The zero-order valence-electron chi connectivity index (χ0n) is 10.9. The molecule has 0 spiro atoms. The number of aromatic amines is 1. The first-order valence-electron chi connectivity index (χ1n) is 6.00. The summed E-state index contributed by atoms with van der Waals surface area (Å²) in [4.78, 5) is 7.45. The number of hydrogen-bond donors (Lipinski definition) is 1. The van der Waals surface area contributed by atoms with Crippen LogP contribution in [0.15, 0.2) is 30.3 Å². The average Bonchev–Trinajstić information content (AvgIpc) is 2.82. The van der Waals surface area contributed by atoms with Crippen LogP contribution in [0.2, 0.25) is 5.02 Å². The van der Waals surface area contributed by atoms with Crippen molar-refractivity contribution in [1.29, 1.82) is 5.26 Å². The van der Waals surface area contributed by atoms with Crippen LogP contribution >= 0.6 is 23.8 Å². The number of imidazole rings is 1. The molecule has 1 N–H and O–H groups in total. The van der Waals surface area contributed by atoms with E-state index in [4.69, 9.17) is 33.8 Å². The summed E-state index contributed by atoms with van der Waals surface area (Å²) in [6.45, 7) is 0. The van der Waals surface area contributed by atoms with Gasteiger partial charge in [-0.05, 0) is 36.5 Å². The summed E-state index contributed by atoms with van der Waals surface area (Å²) in [6, 6.07) is 10.6. The molecule has 0 aliphatic heterocycles. The number of aromatic nitrogens is 3. The number of nitrogens with zero attached hydrogens (tertiary/aromatic N) is 3. The second-order valence-electron chi connectivity index (χ2n) is 4.27. The lowest BCUT2D eigenvalue weighted by Gasteiger charge is -2.07. The van der Waals surface area contributed by atoms with E-state index in [2.05, 4.69) is 16.0 Å². The van der Waals surface area contributed by atoms with Gasteiger partial charge >= 0.3 is 0 Å². The molecule has 7 heteroatoms. The molecule has 0 bridgehead atoms. The first-order valence-corrected chi connectivity index (χ1v) is 6.78. The highest BCUT2D eigenvalue weighted by atomic mass is 35.5. The highest BCUT2D eigenvalue weighted by molar-refractivity contribution is 7.71. The minimum atomic E-state index is 0.447. The molecule has 0 saturated heterocycles. The Morgan fingerprint density at radius 3 is 2.90 bits per heavy atom. The van der Waals surface area contributed by atoms with E-state index >= 15 is 0 Å². The fourth-order valence-electron chi connectivity index (χ4n) is 2.06. The van der Waals surface area contributed by atoms with E-state index in [9.17, 15) is 0 Å². The Kier molecular flexibility index (Phi) is 3.37. The van der Waals surface area contributed by atoms with Crippen molar-refractivity contribution in [3.8, 4) is 17.6 Å². The number of fused-ring (bicyclic) bond motifs is 1. The van der Waals surface area contributed by atoms with E-state index in [1.54, 1.807) is 35.9 Å². The van der Waals surface area contributed by atoms with E-state index in [1.807, 2.05) is 6.07 Å². The Balaban J connectivity index is 2.37. The zero-order chi connectivity index (χ0) is 15.0. The zero-order valence-corrected chi connectivity index (χ0v) is 12.5. The van der Waals surface area contributed by atoms with Crippen LogP contribution in [0.5, 0.6) is 5.88 Å². The maximum absolute atomic E-state index is 9.04. The number of rotatable bonds is 2. The predicted octanol–water partition coefficient (Wildman–Crippen LogP) is 3.62. The SMILES string of the molecule is COc1ccc2[nH]c(=S)n(-c3cc(C#N)ccc3Cl)c2n1. The van der Waals surface area contributed by atoms with Crippen LogP contribution in [-0.2, 0) is 0 Å². The van der Waals surface area contributed by atoms with E-state index in [0.29, 0.717) is 32.6 Å². The van der Waals surface area contributed by atoms with Crippen LogP contribution in [0.1, 0.15) is 5.56 Å². The maximum Gasteiger partial charge on any atom is 0.215 e. The van der Waals surface area contributed by atoms with Gasteiger partial charge in [0.15, 0.2) is 10.4 Å². The highest BCUT2D eigenvalue weighted by Gasteiger charge is 2.12. The Morgan fingerprint density at radius 1 is 1.38 bits per heavy atom. The Hall–Kier alpha value is -2.36. The summed E-state index contributed by atoms with van der Waals surface area (Å²) in [6.07, 6.45) is 0. The van der Waals surface area contributed by atoms with Crippen molar-refractivity contribution in [2.24, 2.45) is 0 Å². The van der Waals surface area contributed by atoms with Crippen molar-refractivity contribution in [2.45, 2.75) is 0 Å². The smallest absolute Gasteiger partial charge is 0.215 e. The lowest BCUT2D eigenvalue weighted by Crippen LogP contribution is -1.98. The largest absolute Gasteiger partial charge is 0.481 e. The first-order chi connectivity index (χ1) is 10.1. The molecule has 0 unspecified atom stereocenters. The molecule has 0 aliphatic rings. The number of nitrogens with one attached hydrogen (secondary N) is 1. The quantitative estimate of drug-likeness (QED) is 0.733. The van der Waals surface area contributed by atoms with Gasteiger partial charge in [0.25, 0.3) is 0 Å². The van der Waals surface area contributed by atoms with Gasteiger partial charge in [-0.2, -0.15) is 10.2 Å². The van der Waals surface area contributed by atoms with Crippen LogP contribution in [0.3, 0.4) is 0 Å². The number of H-pyrrole nitrogens is 1. The molecule has 104 valence electrons. The average molecular weight is 317 g/mol. The van der Waals surface area contributed by atoms with Crippen LogP contribution in [0, 0.1) is 16.1 Å². The molecular weight excluding hydrogens is 308 g/mol. The van der Waals surface area contributed by atoms with Gasteiger partial charge in [0.2, 0.25) is 5.88 Å². The van der Waals surface area contributed by atoms with Crippen molar-refractivity contribution in [1.82, 2.24) is 14.5 Å². The van der Waals surface area contributed by atoms with E-state index in [1.165, 1.54) is 0 Å². The predicted molar refractivity (Wildman–Crippen MR) is 82.5 cm³/mol. The van der Waals surface area contributed by atoms with Crippen molar-refractivity contribution in [3.05, 3.63) is 45.7 Å². The lowest BCUT2D eigenvalue weighted by atomic mass is 10.2. The molecule has 2 aromatic heterocycles. The molecule has 2 heterocycles. The molecule has 3 aromatic rings. The molecule has 0 amide bonds. The summed E-state index contributed by atoms with van der Waals surface area (Å²) < 4.78 is 7.28. The monoisotopic (exact) mass is 316 g/mol. The van der Waals surface area contributed by atoms with Crippen molar-refractivity contribution in [3.63, 3.8) is 0 Å². The summed E-state index contributed by atoms with van der Waals surface area (Å²) >= 11 is 11.6. The van der Waals surface area contributed by atoms with Gasteiger partial charge in [0.1, 0.15) is 0 Å². The summed E-state index contributed by atoms with van der Waals surface area (Å²) in [5, 5.41) is 9.53. The number of hydrogen-bond acceptors (Lipinski definition) is 4. The Labute approximate surface area is 130 Å². The Bertz CT molecular complexity index is 938. The topological polar surface area (TPSA) is 66.6 Å². The van der Waals surface area contributed by atoms with Crippen LogP contribution in [0.25, 0.3) is 16.9 Å². The number of ether oxygens (including phenoxy) is 1. The van der Waals surface area contributed by atoms with Crippen LogP contribution in [-0.4, -0.2) is 21.6 Å². The molecular formula is C14H9ClN4OS. The molecule has 1 aromatic carbocycles.